The summed E-state index contributed by atoms with van der Waals surface area (Å²) in [7, 11) is 0. The van der Waals surface area contributed by atoms with Gasteiger partial charge in [0.2, 0.25) is 0 Å². The summed E-state index contributed by atoms with van der Waals surface area (Å²) in [6, 6.07) is 41.6. The van der Waals surface area contributed by atoms with Crippen LogP contribution in [0.3, 0.4) is 0 Å². The first kappa shape index (κ1) is 37.0. The third kappa shape index (κ3) is 9.89. The van der Waals surface area contributed by atoms with Gasteiger partial charge in [0.05, 0.1) is 0 Å². The zero-order chi connectivity index (χ0) is 29.4. The normalized spacial score (nSPS) is 10.9. The third-order valence-corrected chi connectivity index (χ3v) is 7.48. The first-order valence-corrected chi connectivity index (χ1v) is 21.0. The van der Waals surface area contributed by atoms with E-state index < -0.39 is 0 Å². The molecule has 6 rings (SSSR count). The molecule has 0 bridgehead atoms. The number of benzene rings is 4. The molecule has 0 saturated heterocycles. The average Bonchev–Trinajstić information content (AvgIpc) is 3.59. The first-order chi connectivity index (χ1) is 19.8. The summed E-state index contributed by atoms with van der Waals surface area (Å²) in [5.74, 6) is 0.649. The van der Waals surface area contributed by atoms with E-state index in [4.69, 9.17) is 0 Å². The molecule has 0 heterocycles. The van der Waals surface area contributed by atoms with Crippen LogP contribution in [0.15, 0.2) is 115 Å². The van der Waals surface area contributed by atoms with Crippen LogP contribution in [0.5, 0.6) is 0 Å². The Bertz CT molecular complexity index is 1710. The van der Waals surface area contributed by atoms with Crippen LogP contribution in [0.25, 0.3) is 43.8 Å². The molecule has 6 aromatic carbocycles. The van der Waals surface area contributed by atoms with Crippen molar-refractivity contribution in [1.29, 1.82) is 0 Å². The van der Waals surface area contributed by atoms with Gasteiger partial charge in [0.25, 0.3) is 0 Å². The van der Waals surface area contributed by atoms with E-state index in [2.05, 4.69) is 156 Å². The molecule has 0 spiro atoms. The summed E-state index contributed by atoms with van der Waals surface area (Å²) in [5, 5.41) is 5.50. The predicted octanol–water partition coefficient (Wildman–Crippen LogP) is 5.76. The van der Waals surface area contributed by atoms with Crippen molar-refractivity contribution in [2.24, 2.45) is 0 Å². The second kappa shape index (κ2) is 17.9. The standard InChI is InChI=1S/C20H21.C17H15.C2H6Si.2ClH.Zr/c1-3-8-15(2)18-13-17-11-7-12-19(20(17)14-18)16-9-5-4-6-10-16;1-12-10-16-13(2)8-9-15(17(16)11-12)14-6-4-3-5-7-14;1-3-2;;;/h4-7,9-15H,3,8H2,1-2H3;3-11H,1-2H3;1-2H3;2*1H;/q2*-1;;;;+2/p-2. The van der Waals surface area contributed by atoms with Crippen molar-refractivity contribution in [3.63, 3.8) is 0 Å². The molecular formula is C39H42Cl2SiZr-2. The van der Waals surface area contributed by atoms with Crippen LogP contribution in [0.1, 0.15) is 49.3 Å². The number of hydrogen-bond donors (Lipinski definition) is 0. The quantitative estimate of drug-likeness (QED) is 0.159. The average molecular weight is 701 g/mol. The van der Waals surface area contributed by atoms with Crippen LogP contribution in [-0.2, 0) is 23.3 Å². The van der Waals surface area contributed by atoms with Crippen LogP contribution >= 0.6 is 0 Å². The molecule has 6 aromatic rings. The number of hydrogen-bond acceptors (Lipinski definition) is 0. The predicted molar refractivity (Wildman–Crippen MR) is 180 cm³/mol. The molecule has 0 aliphatic rings. The molecule has 222 valence electrons. The van der Waals surface area contributed by atoms with Gasteiger partial charge in [-0.3, -0.25) is 0 Å². The zero-order valence-electron chi connectivity index (χ0n) is 26.2. The Morgan fingerprint density at radius 2 is 1.26 bits per heavy atom. The number of halogens is 2. The van der Waals surface area contributed by atoms with Gasteiger partial charge in [-0.25, -0.2) is 0 Å². The minimum Gasteiger partial charge on any atom is -1.00 e. The fourth-order valence-corrected chi connectivity index (χ4v) is 5.47. The molecule has 0 aliphatic carbocycles. The Hall–Kier alpha value is -2.22. The van der Waals surface area contributed by atoms with Crippen LogP contribution in [0.4, 0.5) is 0 Å². The van der Waals surface area contributed by atoms with Gasteiger partial charge in [-0.1, -0.05) is 118 Å². The van der Waals surface area contributed by atoms with E-state index in [0.29, 0.717) is 5.92 Å². The maximum absolute atomic E-state index is 2.39. The maximum Gasteiger partial charge on any atom is -0.0279 e. The molecule has 0 N–H and O–H groups in total. The van der Waals surface area contributed by atoms with Gasteiger partial charge < -0.3 is 24.8 Å². The summed E-state index contributed by atoms with van der Waals surface area (Å²) in [6.45, 7) is 13.5. The van der Waals surface area contributed by atoms with Crippen LogP contribution in [0, 0.1) is 13.8 Å². The molecule has 1 unspecified atom stereocenters. The summed E-state index contributed by atoms with van der Waals surface area (Å²) in [6.07, 6.45) is 2.51. The molecule has 0 fully saturated rings. The zero-order valence-corrected chi connectivity index (χ0v) is 31.2. The molecular weight excluding hydrogens is 659 g/mol. The molecule has 1 atom stereocenters. The molecule has 43 heavy (non-hydrogen) atoms. The van der Waals surface area contributed by atoms with Crippen molar-refractivity contribution < 1.29 is 48.1 Å². The Labute approximate surface area is 286 Å². The second-order valence-corrected chi connectivity index (χ2v) is 20.7. The van der Waals surface area contributed by atoms with Gasteiger partial charge in [0, 0.05) is 0 Å². The summed E-state index contributed by atoms with van der Waals surface area (Å²) in [5.41, 5.74) is 9.66. The van der Waals surface area contributed by atoms with Crippen LogP contribution in [-0.4, -0.2) is 5.43 Å². The Balaban J connectivity index is 0.000000259. The van der Waals surface area contributed by atoms with Crippen molar-refractivity contribution in [2.75, 3.05) is 0 Å². The number of aryl methyl sites for hydroxylation is 2. The van der Waals surface area contributed by atoms with Crippen molar-refractivity contribution in [3.8, 4) is 22.3 Å². The van der Waals surface area contributed by atoms with E-state index in [1.54, 1.807) is 23.3 Å². The van der Waals surface area contributed by atoms with Gasteiger partial charge in [0.1, 0.15) is 0 Å². The van der Waals surface area contributed by atoms with E-state index in [-0.39, 0.29) is 30.2 Å². The third-order valence-electron chi connectivity index (χ3n) is 7.48. The monoisotopic (exact) mass is 698 g/mol. The molecule has 0 radical (unpaired) electrons. The molecule has 4 heteroatoms. The van der Waals surface area contributed by atoms with Crippen molar-refractivity contribution in [1.82, 2.24) is 0 Å². The fourth-order valence-electron chi connectivity index (χ4n) is 5.47. The van der Waals surface area contributed by atoms with Gasteiger partial charge >= 0.3 is 41.9 Å². The number of rotatable bonds is 5. The van der Waals surface area contributed by atoms with Crippen molar-refractivity contribution >= 4 is 27.0 Å². The molecule has 0 amide bonds. The second-order valence-electron chi connectivity index (χ2n) is 11.3. The summed E-state index contributed by atoms with van der Waals surface area (Å²) in [4.78, 5) is 0. The van der Waals surface area contributed by atoms with Crippen LogP contribution in [0.2, 0.25) is 13.1 Å². The topological polar surface area (TPSA) is 0 Å². The van der Waals surface area contributed by atoms with E-state index in [0.717, 1.165) is 0 Å². The van der Waals surface area contributed by atoms with Gasteiger partial charge in [-0.05, 0) is 23.5 Å². The summed E-state index contributed by atoms with van der Waals surface area (Å²) >= 11 is 1.74. The largest absolute Gasteiger partial charge is 1.00 e. The van der Waals surface area contributed by atoms with Gasteiger partial charge in [-0.15, -0.1) is 68.6 Å². The van der Waals surface area contributed by atoms with E-state index in [9.17, 15) is 0 Å². The molecule has 0 aromatic heterocycles. The molecule has 0 aliphatic heterocycles. The maximum atomic E-state index is 2.39. The van der Waals surface area contributed by atoms with E-state index >= 15 is 0 Å². The van der Waals surface area contributed by atoms with E-state index in [1.165, 1.54) is 73.3 Å². The number of fused-ring (bicyclic) bond motifs is 2. The van der Waals surface area contributed by atoms with Crippen molar-refractivity contribution in [3.05, 3.63) is 132 Å². The minimum absolute atomic E-state index is 0. The SMILES string of the molecule is CCCC(C)c1cc2c(-c3ccccc3)cccc2[cH-]1.C[Si](C)=[Zr+2].Cc1cc2c(-c3ccccc3)ccc(C)c2[cH-]1.[Cl-].[Cl-]. The van der Waals surface area contributed by atoms with Crippen molar-refractivity contribution in [2.45, 2.75) is 59.5 Å². The van der Waals surface area contributed by atoms with Gasteiger partial charge in [-0.2, -0.15) is 12.1 Å². The van der Waals surface area contributed by atoms with Crippen LogP contribution < -0.4 is 24.8 Å². The smallest absolute Gasteiger partial charge is 0.0279 e. The fraction of sp³-hybridized carbons (Fsp3) is 0.231. The summed E-state index contributed by atoms with van der Waals surface area (Å²) < 4.78 is 0. The minimum atomic E-state index is 0. The van der Waals surface area contributed by atoms with E-state index in [1.807, 2.05) is 0 Å². The first-order valence-electron chi connectivity index (χ1n) is 14.8. The molecule has 0 saturated carbocycles. The molecule has 0 nitrogen and oxygen atoms in total. The Morgan fingerprint density at radius 1 is 0.698 bits per heavy atom. The Kier molecular flexibility index (Phi) is 15.4. The van der Waals surface area contributed by atoms with Gasteiger partial charge in [0.15, 0.2) is 0 Å². The Morgan fingerprint density at radius 3 is 1.81 bits per heavy atom.